The lowest BCUT2D eigenvalue weighted by Gasteiger charge is -2.11. The fraction of sp³-hybridized carbons (Fsp3) is 0.188. The first-order valence-corrected chi connectivity index (χ1v) is 9.64. The summed E-state index contributed by atoms with van der Waals surface area (Å²) < 4.78 is 35.1. The van der Waals surface area contributed by atoms with Crippen LogP contribution in [0.15, 0.2) is 41.3 Å². The van der Waals surface area contributed by atoms with Crippen LogP contribution in [0.25, 0.3) is 0 Å². The minimum atomic E-state index is -3.34. The molecule has 0 aliphatic heterocycles. The van der Waals surface area contributed by atoms with Crippen LogP contribution >= 0.6 is 11.6 Å². The van der Waals surface area contributed by atoms with E-state index in [0.29, 0.717) is 17.2 Å². The van der Waals surface area contributed by atoms with E-state index in [-0.39, 0.29) is 21.7 Å². The Kier molecular flexibility index (Phi) is 5.10. The van der Waals surface area contributed by atoms with Gasteiger partial charge in [-0.2, -0.15) is 0 Å². The Morgan fingerprint density at radius 1 is 1.12 bits per heavy atom. The second-order valence-electron chi connectivity index (χ2n) is 5.39. The van der Waals surface area contributed by atoms with E-state index in [9.17, 15) is 8.42 Å². The maximum atomic E-state index is 11.9. The predicted molar refractivity (Wildman–Crippen MR) is 94.7 cm³/mol. The van der Waals surface area contributed by atoms with Crippen LogP contribution < -0.4 is 9.47 Å². The largest absolute Gasteiger partial charge is 0.456 e. The highest BCUT2D eigenvalue weighted by molar-refractivity contribution is 7.91. The first-order valence-electron chi connectivity index (χ1n) is 7.61. The summed E-state index contributed by atoms with van der Waals surface area (Å²) in [5, 5.41) is 13.2. The van der Waals surface area contributed by atoms with E-state index in [4.69, 9.17) is 21.1 Å². The van der Waals surface area contributed by atoms with Crippen molar-refractivity contribution >= 4 is 21.4 Å². The molecule has 26 heavy (non-hydrogen) atoms. The molecule has 0 aliphatic carbocycles. The van der Waals surface area contributed by atoms with Crippen molar-refractivity contribution in [1.29, 1.82) is 0 Å². The molecule has 1 heterocycles. The van der Waals surface area contributed by atoms with Crippen LogP contribution in [0.4, 0.5) is 0 Å². The number of ether oxygens (including phenoxy) is 2. The van der Waals surface area contributed by atoms with E-state index in [1.165, 1.54) is 18.2 Å². The van der Waals surface area contributed by atoms with Crippen LogP contribution in [0, 0.1) is 6.92 Å². The van der Waals surface area contributed by atoms with Gasteiger partial charge in [0.05, 0.1) is 15.7 Å². The Bertz CT molecular complexity index is 1020. The lowest BCUT2D eigenvalue weighted by atomic mass is 10.2. The third-order valence-electron chi connectivity index (χ3n) is 3.44. The van der Waals surface area contributed by atoms with Crippen LogP contribution in [0.1, 0.15) is 12.5 Å². The molecule has 10 heteroatoms. The first kappa shape index (κ1) is 18.2. The number of halogens is 1. The summed E-state index contributed by atoms with van der Waals surface area (Å²) in [6, 6.07) is 9.73. The van der Waals surface area contributed by atoms with Gasteiger partial charge in [-0.1, -0.05) is 23.6 Å². The third kappa shape index (κ3) is 4.12. The third-order valence-corrected chi connectivity index (χ3v) is 5.46. The minimum Gasteiger partial charge on any atom is -0.456 e. The number of sulfone groups is 1. The molecule has 0 unspecified atom stereocenters. The number of tetrazole rings is 1. The molecule has 0 spiro atoms. The van der Waals surface area contributed by atoms with Crippen molar-refractivity contribution in [2.45, 2.75) is 18.7 Å². The molecular formula is C16H15ClN4O4S. The number of aromatic amines is 1. The van der Waals surface area contributed by atoms with Crippen molar-refractivity contribution in [2.75, 3.05) is 5.75 Å². The van der Waals surface area contributed by atoms with Crippen molar-refractivity contribution < 1.29 is 17.9 Å². The topological polar surface area (TPSA) is 107 Å². The van der Waals surface area contributed by atoms with E-state index < -0.39 is 9.84 Å². The molecule has 0 bridgehead atoms. The zero-order valence-corrected chi connectivity index (χ0v) is 15.5. The molecule has 1 N–H and O–H groups in total. The van der Waals surface area contributed by atoms with E-state index in [0.717, 1.165) is 5.56 Å². The van der Waals surface area contributed by atoms with Gasteiger partial charge in [0.2, 0.25) is 0 Å². The summed E-state index contributed by atoms with van der Waals surface area (Å²) in [6.45, 7) is 3.45. The minimum absolute atomic E-state index is 0.00138. The fourth-order valence-electron chi connectivity index (χ4n) is 2.19. The van der Waals surface area contributed by atoms with Gasteiger partial charge in [-0.3, -0.25) is 0 Å². The lowest BCUT2D eigenvalue weighted by molar-refractivity contribution is 0.433. The number of rotatable bonds is 6. The number of aryl methyl sites for hydroxylation is 1. The number of H-pyrrole nitrogens is 1. The first-order chi connectivity index (χ1) is 12.4. The maximum Gasteiger partial charge on any atom is 0.338 e. The van der Waals surface area contributed by atoms with E-state index in [1.54, 1.807) is 25.1 Å². The van der Waals surface area contributed by atoms with Crippen LogP contribution in [0.2, 0.25) is 5.02 Å². The monoisotopic (exact) mass is 394 g/mol. The highest BCUT2D eigenvalue weighted by atomic mass is 35.5. The molecule has 3 rings (SSSR count). The van der Waals surface area contributed by atoms with Crippen LogP contribution in [-0.2, 0) is 9.84 Å². The van der Waals surface area contributed by atoms with Gasteiger partial charge in [0, 0.05) is 6.07 Å². The molecular weight excluding hydrogens is 380 g/mol. The van der Waals surface area contributed by atoms with Gasteiger partial charge in [-0.15, -0.1) is 0 Å². The Hall–Kier alpha value is -2.65. The molecule has 2 aromatic carbocycles. The SMILES string of the molecule is CCS(=O)(=O)c1ccc(Oc2cc(C)cc(Oc3nnn[nH]3)c2)c(Cl)c1. The molecule has 0 amide bonds. The van der Waals surface area contributed by atoms with Gasteiger partial charge in [-0.05, 0) is 53.2 Å². The molecule has 3 aromatic rings. The molecule has 8 nitrogen and oxygen atoms in total. The number of aromatic nitrogens is 4. The molecule has 0 atom stereocenters. The van der Waals surface area contributed by atoms with Gasteiger partial charge >= 0.3 is 6.01 Å². The highest BCUT2D eigenvalue weighted by Gasteiger charge is 2.15. The molecule has 0 saturated heterocycles. The lowest BCUT2D eigenvalue weighted by Crippen LogP contribution is -2.03. The summed E-state index contributed by atoms with van der Waals surface area (Å²) in [6.07, 6.45) is 0. The van der Waals surface area contributed by atoms with Gasteiger partial charge in [0.25, 0.3) is 0 Å². The van der Waals surface area contributed by atoms with E-state index in [2.05, 4.69) is 20.6 Å². The Morgan fingerprint density at radius 3 is 2.46 bits per heavy atom. The smallest absolute Gasteiger partial charge is 0.338 e. The van der Waals surface area contributed by atoms with Crippen molar-refractivity contribution in [3.05, 3.63) is 47.0 Å². The summed E-state index contributed by atoms with van der Waals surface area (Å²) in [5.41, 5.74) is 0.881. The summed E-state index contributed by atoms with van der Waals surface area (Å²) in [4.78, 5) is 0.156. The summed E-state index contributed by atoms with van der Waals surface area (Å²) in [5.74, 6) is 1.28. The Labute approximate surface area is 155 Å². The maximum absolute atomic E-state index is 11.9. The van der Waals surface area contributed by atoms with Crippen LogP contribution in [0.3, 0.4) is 0 Å². The summed E-state index contributed by atoms with van der Waals surface area (Å²) >= 11 is 6.18. The molecule has 1 aromatic heterocycles. The van der Waals surface area contributed by atoms with Crippen molar-refractivity contribution in [2.24, 2.45) is 0 Å². The van der Waals surface area contributed by atoms with Gasteiger partial charge in [-0.25, -0.2) is 13.5 Å². The van der Waals surface area contributed by atoms with Gasteiger partial charge < -0.3 is 9.47 Å². The standard InChI is InChI=1S/C16H15ClN4O4S/c1-3-26(22,23)13-4-5-15(14(17)9-13)24-11-6-10(2)7-12(8-11)25-16-18-20-21-19-16/h4-9H,3H2,1-2H3,(H,18,19,20,21). The second kappa shape index (κ2) is 7.30. The number of benzene rings is 2. The average molecular weight is 395 g/mol. The van der Waals surface area contributed by atoms with Crippen molar-refractivity contribution in [1.82, 2.24) is 20.6 Å². The van der Waals surface area contributed by atoms with E-state index in [1.807, 2.05) is 6.92 Å². The van der Waals surface area contributed by atoms with Gasteiger partial charge in [0.15, 0.2) is 9.84 Å². The number of hydrogen-bond acceptors (Lipinski definition) is 7. The van der Waals surface area contributed by atoms with E-state index >= 15 is 0 Å². The second-order valence-corrected chi connectivity index (χ2v) is 8.07. The average Bonchev–Trinajstić information content (AvgIpc) is 3.09. The highest BCUT2D eigenvalue weighted by Crippen LogP contribution is 2.34. The normalized spacial score (nSPS) is 11.3. The molecule has 136 valence electrons. The fourth-order valence-corrected chi connectivity index (χ4v) is 3.38. The molecule has 0 aliphatic rings. The Morgan fingerprint density at radius 2 is 1.85 bits per heavy atom. The number of nitrogens with zero attached hydrogens (tertiary/aromatic N) is 3. The quantitative estimate of drug-likeness (QED) is 0.681. The van der Waals surface area contributed by atoms with Crippen molar-refractivity contribution in [3.8, 4) is 23.3 Å². The molecule has 0 saturated carbocycles. The number of nitrogens with one attached hydrogen (secondary N) is 1. The van der Waals surface area contributed by atoms with Crippen LogP contribution in [-0.4, -0.2) is 34.8 Å². The molecule has 0 radical (unpaired) electrons. The van der Waals surface area contributed by atoms with Crippen LogP contribution in [0.5, 0.6) is 23.3 Å². The summed E-state index contributed by atoms with van der Waals surface area (Å²) in [7, 11) is -3.34. The zero-order valence-electron chi connectivity index (χ0n) is 13.9. The van der Waals surface area contributed by atoms with Gasteiger partial charge in [0.1, 0.15) is 17.2 Å². The zero-order chi connectivity index (χ0) is 18.7. The number of hydrogen-bond donors (Lipinski definition) is 1. The Balaban J connectivity index is 1.86. The van der Waals surface area contributed by atoms with Crippen molar-refractivity contribution in [3.63, 3.8) is 0 Å². The predicted octanol–water partition coefficient (Wildman–Crippen LogP) is 3.54. The molecule has 0 fully saturated rings.